The Kier molecular flexibility index (Phi) is 3.08. The fourth-order valence-corrected chi connectivity index (χ4v) is 2.75. The van der Waals surface area contributed by atoms with Gasteiger partial charge in [-0.25, -0.2) is 0 Å². The van der Waals surface area contributed by atoms with Crippen molar-refractivity contribution in [2.45, 2.75) is 57.8 Å². The van der Waals surface area contributed by atoms with Crippen molar-refractivity contribution in [1.82, 2.24) is 0 Å². The second-order valence-electron chi connectivity index (χ2n) is 4.36. The highest BCUT2D eigenvalue weighted by molar-refractivity contribution is 5.00. The Morgan fingerprint density at radius 2 is 1.58 bits per heavy atom. The first-order valence-corrected chi connectivity index (χ1v) is 5.63. The molecular formula is C12H20. The van der Waals surface area contributed by atoms with E-state index in [0.717, 1.165) is 5.92 Å². The van der Waals surface area contributed by atoms with Gasteiger partial charge < -0.3 is 0 Å². The lowest BCUT2D eigenvalue weighted by Gasteiger charge is -2.32. The summed E-state index contributed by atoms with van der Waals surface area (Å²) in [6.07, 6.45) is 15.6. The fraction of sp³-hybridized carbons (Fsp3) is 0.833. The maximum atomic E-state index is 2.47. The molecule has 2 fully saturated rings. The number of hydrogen-bond acceptors (Lipinski definition) is 0. The minimum absolute atomic E-state index is 1.02. The highest BCUT2D eigenvalue weighted by Gasteiger charge is 2.25. The van der Waals surface area contributed by atoms with Crippen LogP contribution in [0.4, 0.5) is 0 Å². The Bertz CT molecular complexity index is 100. The maximum absolute atomic E-state index is 2.47. The van der Waals surface area contributed by atoms with E-state index in [-0.39, 0.29) is 0 Å². The van der Waals surface area contributed by atoms with Crippen LogP contribution in [0.2, 0.25) is 0 Å². The van der Waals surface area contributed by atoms with E-state index >= 15 is 0 Å². The van der Waals surface area contributed by atoms with Gasteiger partial charge in [-0.1, -0.05) is 19.3 Å². The van der Waals surface area contributed by atoms with E-state index in [0.29, 0.717) is 0 Å². The van der Waals surface area contributed by atoms with Crippen LogP contribution in [0.3, 0.4) is 0 Å². The van der Waals surface area contributed by atoms with Crippen molar-refractivity contribution in [3.05, 3.63) is 12.3 Å². The Balaban J connectivity index is 1.80. The molecule has 0 aliphatic heterocycles. The second kappa shape index (κ2) is 4.30. The summed E-state index contributed by atoms with van der Waals surface area (Å²) in [6, 6.07) is 0. The molecule has 0 aromatic heterocycles. The summed E-state index contributed by atoms with van der Waals surface area (Å²) in [7, 11) is 0. The molecule has 0 amide bonds. The summed E-state index contributed by atoms with van der Waals surface area (Å²) >= 11 is 0. The normalized spacial score (nSPS) is 29.0. The first-order valence-electron chi connectivity index (χ1n) is 5.63. The molecule has 2 aliphatic carbocycles. The smallest absolute Gasteiger partial charge is 0.0210 e. The first-order chi connectivity index (χ1) is 5.97. The zero-order valence-electron chi connectivity index (χ0n) is 8.02. The molecule has 0 heteroatoms. The molecule has 0 atom stereocenters. The summed E-state index contributed by atoms with van der Waals surface area (Å²) in [6.45, 7) is 0. The van der Waals surface area contributed by atoms with E-state index in [4.69, 9.17) is 0 Å². The lowest BCUT2D eigenvalue weighted by Crippen LogP contribution is -2.18. The molecule has 0 saturated heterocycles. The lowest BCUT2D eigenvalue weighted by molar-refractivity contribution is 0.352. The molecular weight excluding hydrogens is 144 g/mol. The average Bonchev–Trinajstić information content (AvgIpc) is 2.21. The van der Waals surface area contributed by atoms with E-state index in [1.165, 1.54) is 57.8 Å². The van der Waals surface area contributed by atoms with Crippen molar-refractivity contribution in [3.8, 4) is 0 Å². The van der Waals surface area contributed by atoms with E-state index in [9.17, 15) is 0 Å². The van der Waals surface area contributed by atoms with E-state index in [1.54, 1.807) is 0 Å². The van der Waals surface area contributed by atoms with Crippen LogP contribution in [0.15, 0.2) is 0 Å². The van der Waals surface area contributed by atoms with Gasteiger partial charge in [-0.15, -0.1) is 0 Å². The van der Waals surface area contributed by atoms with Gasteiger partial charge in [0.15, 0.2) is 0 Å². The van der Waals surface area contributed by atoms with Gasteiger partial charge in [-0.3, -0.25) is 0 Å². The highest BCUT2D eigenvalue weighted by Crippen LogP contribution is 2.39. The van der Waals surface area contributed by atoms with Gasteiger partial charge in [-0.05, 0) is 56.8 Å². The predicted octanol–water partition coefficient (Wildman–Crippen LogP) is 3.92. The van der Waals surface area contributed by atoms with Crippen LogP contribution in [0.25, 0.3) is 0 Å². The summed E-state index contributed by atoms with van der Waals surface area (Å²) in [5.74, 6) is 2.95. The zero-order chi connectivity index (χ0) is 8.23. The van der Waals surface area contributed by atoms with E-state index < -0.39 is 0 Å². The van der Waals surface area contributed by atoms with Crippen molar-refractivity contribution in [3.63, 3.8) is 0 Å². The minimum Gasteiger partial charge on any atom is -0.0533 e. The highest BCUT2D eigenvalue weighted by atomic mass is 14.3. The van der Waals surface area contributed by atoms with E-state index in [2.05, 4.69) is 6.42 Å². The third-order valence-corrected chi connectivity index (χ3v) is 3.51. The Morgan fingerprint density at radius 3 is 2.25 bits per heavy atom. The second-order valence-corrected chi connectivity index (χ2v) is 4.36. The SMILES string of the molecule is [CH]1CCC([C]2CCCCC2)CC1. The van der Waals surface area contributed by atoms with Crippen LogP contribution in [-0.2, 0) is 0 Å². The van der Waals surface area contributed by atoms with Crippen LogP contribution < -0.4 is 0 Å². The molecule has 2 radical (unpaired) electrons. The fourth-order valence-electron chi connectivity index (χ4n) is 2.75. The van der Waals surface area contributed by atoms with Gasteiger partial charge in [-0.2, -0.15) is 0 Å². The third kappa shape index (κ3) is 2.02. The van der Waals surface area contributed by atoms with Gasteiger partial charge in [0.25, 0.3) is 0 Å². The molecule has 0 aromatic rings. The Labute approximate surface area is 76.7 Å². The van der Waals surface area contributed by atoms with Crippen LogP contribution in [0.5, 0.6) is 0 Å². The summed E-state index contributed by atoms with van der Waals surface area (Å²) in [4.78, 5) is 0. The molecule has 2 rings (SSSR count). The molecule has 12 heavy (non-hydrogen) atoms. The molecule has 0 heterocycles. The predicted molar refractivity (Wildman–Crippen MR) is 52.6 cm³/mol. The van der Waals surface area contributed by atoms with Crippen molar-refractivity contribution < 1.29 is 0 Å². The van der Waals surface area contributed by atoms with Gasteiger partial charge in [0.1, 0.15) is 0 Å². The van der Waals surface area contributed by atoms with Gasteiger partial charge >= 0.3 is 0 Å². The quantitative estimate of drug-likeness (QED) is 0.551. The van der Waals surface area contributed by atoms with Crippen LogP contribution in [0.1, 0.15) is 57.8 Å². The maximum Gasteiger partial charge on any atom is -0.0210 e. The Morgan fingerprint density at radius 1 is 0.917 bits per heavy atom. The van der Waals surface area contributed by atoms with Crippen molar-refractivity contribution in [2.75, 3.05) is 0 Å². The third-order valence-electron chi connectivity index (χ3n) is 3.51. The molecule has 0 unspecified atom stereocenters. The molecule has 0 spiro atoms. The summed E-state index contributed by atoms with van der Waals surface area (Å²) < 4.78 is 0. The average molecular weight is 164 g/mol. The van der Waals surface area contributed by atoms with Gasteiger partial charge in [0.2, 0.25) is 0 Å². The summed E-state index contributed by atoms with van der Waals surface area (Å²) in [5.41, 5.74) is 0. The molecule has 0 aromatic carbocycles. The van der Waals surface area contributed by atoms with Crippen LogP contribution in [0, 0.1) is 18.3 Å². The Hall–Kier alpha value is 0. The van der Waals surface area contributed by atoms with Gasteiger partial charge in [0.05, 0.1) is 0 Å². The first kappa shape index (κ1) is 8.59. The lowest BCUT2D eigenvalue weighted by atomic mass is 9.73. The number of rotatable bonds is 1. The monoisotopic (exact) mass is 164 g/mol. The van der Waals surface area contributed by atoms with Gasteiger partial charge in [0, 0.05) is 0 Å². The zero-order valence-corrected chi connectivity index (χ0v) is 8.02. The molecule has 68 valence electrons. The van der Waals surface area contributed by atoms with Crippen molar-refractivity contribution >= 4 is 0 Å². The molecule has 2 saturated carbocycles. The molecule has 0 N–H and O–H groups in total. The largest absolute Gasteiger partial charge is 0.0533 e. The van der Waals surface area contributed by atoms with E-state index in [1.807, 2.05) is 5.92 Å². The van der Waals surface area contributed by atoms with Crippen molar-refractivity contribution in [1.29, 1.82) is 0 Å². The number of hydrogen-bond donors (Lipinski definition) is 0. The van der Waals surface area contributed by atoms with Crippen LogP contribution >= 0.6 is 0 Å². The molecule has 0 bridgehead atoms. The standard InChI is InChI=1S/C12H20/c1-3-7-11(8-4-1)12-9-5-2-6-10-12/h1,11H,2-10H2. The van der Waals surface area contributed by atoms with Crippen molar-refractivity contribution in [2.24, 2.45) is 5.92 Å². The summed E-state index contributed by atoms with van der Waals surface area (Å²) in [5, 5.41) is 0. The minimum atomic E-state index is 1.02. The topological polar surface area (TPSA) is 0 Å². The molecule has 0 nitrogen and oxygen atoms in total. The van der Waals surface area contributed by atoms with Crippen LogP contribution in [-0.4, -0.2) is 0 Å². The molecule has 2 aliphatic rings.